The molecule has 0 aliphatic rings. The predicted octanol–water partition coefficient (Wildman–Crippen LogP) is 3.05. The number of rotatable bonds is 7. The van der Waals surface area contributed by atoms with Gasteiger partial charge in [-0.15, -0.1) is 0 Å². The van der Waals surface area contributed by atoms with Crippen molar-refractivity contribution in [3.63, 3.8) is 0 Å². The summed E-state index contributed by atoms with van der Waals surface area (Å²) < 4.78 is 9.98. The van der Waals surface area contributed by atoms with Gasteiger partial charge >= 0.3 is 11.9 Å². The number of ether oxygens (including phenoxy) is 2. The van der Waals surface area contributed by atoms with E-state index in [0.717, 1.165) is 5.56 Å². The summed E-state index contributed by atoms with van der Waals surface area (Å²) >= 11 is 0. The quantitative estimate of drug-likeness (QED) is 0.597. The van der Waals surface area contributed by atoms with Crippen LogP contribution >= 0.6 is 0 Å². The molecule has 0 unspecified atom stereocenters. The molecule has 8 heteroatoms. The van der Waals surface area contributed by atoms with Gasteiger partial charge in [0.15, 0.2) is 6.61 Å². The number of carbonyl (C=O) groups is 3. The van der Waals surface area contributed by atoms with Crippen LogP contribution < -0.4 is 5.32 Å². The van der Waals surface area contributed by atoms with E-state index in [0.29, 0.717) is 5.69 Å². The Hall–Kier alpha value is -3.94. The van der Waals surface area contributed by atoms with Gasteiger partial charge in [0.1, 0.15) is 5.69 Å². The number of hydrogen-bond donors (Lipinski definition) is 2. The first-order valence-electron chi connectivity index (χ1n) is 8.92. The van der Waals surface area contributed by atoms with Crippen LogP contribution in [0.5, 0.6) is 0 Å². The highest BCUT2D eigenvalue weighted by Crippen LogP contribution is 2.18. The summed E-state index contributed by atoms with van der Waals surface area (Å²) in [6.45, 7) is 1.39. The van der Waals surface area contributed by atoms with Crippen molar-refractivity contribution in [1.29, 1.82) is 0 Å². The molecule has 1 heterocycles. The van der Waals surface area contributed by atoms with Crippen LogP contribution in [-0.2, 0) is 14.3 Å². The Kier molecular flexibility index (Phi) is 6.36. The van der Waals surface area contributed by atoms with Crippen molar-refractivity contribution in [2.45, 2.75) is 6.92 Å². The van der Waals surface area contributed by atoms with E-state index in [9.17, 15) is 14.4 Å². The number of esters is 2. The van der Waals surface area contributed by atoms with Crippen LogP contribution in [0.15, 0.2) is 60.7 Å². The summed E-state index contributed by atoms with van der Waals surface area (Å²) in [6, 6.07) is 17.3. The summed E-state index contributed by atoms with van der Waals surface area (Å²) in [6.07, 6.45) is 0. The second-order valence-corrected chi connectivity index (χ2v) is 5.92. The molecule has 0 spiro atoms. The predicted molar refractivity (Wildman–Crippen MR) is 105 cm³/mol. The molecule has 1 aromatic heterocycles. The van der Waals surface area contributed by atoms with E-state index in [2.05, 4.69) is 15.5 Å². The molecule has 1 amide bonds. The van der Waals surface area contributed by atoms with Gasteiger partial charge in [0.25, 0.3) is 5.91 Å². The Labute approximate surface area is 166 Å². The van der Waals surface area contributed by atoms with Gasteiger partial charge in [0.2, 0.25) is 0 Å². The summed E-state index contributed by atoms with van der Waals surface area (Å²) in [5.74, 6) is -1.85. The van der Waals surface area contributed by atoms with Crippen molar-refractivity contribution in [2.75, 3.05) is 18.5 Å². The van der Waals surface area contributed by atoms with Crippen LogP contribution in [0.3, 0.4) is 0 Å². The van der Waals surface area contributed by atoms with Gasteiger partial charge in [-0.25, -0.2) is 9.59 Å². The molecular formula is C21H19N3O5. The summed E-state index contributed by atoms with van der Waals surface area (Å²) in [5.41, 5.74) is 2.06. The first kappa shape index (κ1) is 19.8. The van der Waals surface area contributed by atoms with Gasteiger partial charge in [-0.05, 0) is 25.1 Å². The molecule has 0 atom stereocenters. The average molecular weight is 393 g/mol. The number of carbonyl (C=O) groups excluding carboxylic acids is 3. The van der Waals surface area contributed by atoms with Crippen LogP contribution in [0.25, 0.3) is 11.3 Å². The minimum atomic E-state index is -0.714. The van der Waals surface area contributed by atoms with Crippen molar-refractivity contribution >= 4 is 23.5 Å². The molecule has 2 aromatic carbocycles. The first-order valence-corrected chi connectivity index (χ1v) is 8.92. The molecule has 0 aliphatic heterocycles. The second-order valence-electron chi connectivity index (χ2n) is 5.92. The van der Waals surface area contributed by atoms with Gasteiger partial charge in [0.05, 0.1) is 23.6 Å². The number of para-hydroxylation sites is 1. The molecule has 0 bridgehead atoms. The molecule has 0 saturated carbocycles. The lowest BCUT2D eigenvalue weighted by molar-refractivity contribution is -0.119. The van der Waals surface area contributed by atoms with Gasteiger partial charge in [-0.1, -0.05) is 42.5 Å². The van der Waals surface area contributed by atoms with Crippen molar-refractivity contribution in [3.05, 3.63) is 71.9 Å². The highest BCUT2D eigenvalue weighted by molar-refractivity contribution is 6.02. The molecule has 0 aliphatic carbocycles. The minimum Gasteiger partial charge on any atom is -0.462 e. The maximum absolute atomic E-state index is 12.2. The van der Waals surface area contributed by atoms with E-state index in [1.54, 1.807) is 31.2 Å². The molecule has 0 radical (unpaired) electrons. The Bertz CT molecular complexity index is 1010. The Morgan fingerprint density at radius 2 is 1.69 bits per heavy atom. The maximum Gasteiger partial charge on any atom is 0.356 e. The van der Waals surface area contributed by atoms with Crippen molar-refractivity contribution in [1.82, 2.24) is 10.2 Å². The van der Waals surface area contributed by atoms with E-state index in [1.165, 1.54) is 6.07 Å². The molecule has 3 rings (SSSR count). The first-order chi connectivity index (χ1) is 14.1. The van der Waals surface area contributed by atoms with Crippen LogP contribution in [0.2, 0.25) is 0 Å². The lowest BCUT2D eigenvalue weighted by Crippen LogP contribution is -2.22. The minimum absolute atomic E-state index is 0.128. The van der Waals surface area contributed by atoms with Gasteiger partial charge in [-0.3, -0.25) is 9.89 Å². The number of nitrogens with zero attached hydrogens (tertiary/aromatic N) is 1. The normalized spacial score (nSPS) is 10.2. The number of nitrogens with one attached hydrogen (secondary N) is 2. The summed E-state index contributed by atoms with van der Waals surface area (Å²) in [7, 11) is 0. The molecule has 29 heavy (non-hydrogen) atoms. The second kappa shape index (κ2) is 9.32. The zero-order valence-electron chi connectivity index (χ0n) is 15.7. The van der Waals surface area contributed by atoms with E-state index in [-0.39, 0.29) is 23.6 Å². The zero-order chi connectivity index (χ0) is 20.6. The smallest absolute Gasteiger partial charge is 0.356 e. The number of anilines is 1. The molecule has 8 nitrogen and oxygen atoms in total. The average Bonchev–Trinajstić information content (AvgIpc) is 3.24. The van der Waals surface area contributed by atoms with Gasteiger partial charge < -0.3 is 14.8 Å². The van der Waals surface area contributed by atoms with E-state index >= 15 is 0 Å². The molecule has 0 saturated heterocycles. The number of amides is 1. The monoisotopic (exact) mass is 393 g/mol. The Balaban J connectivity index is 1.58. The Morgan fingerprint density at radius 3 is 2.45 bits per heavy atom. The lowest BCUT2D eigenvalue weighted by atomic mass is 10.1. The fourth-order valence-electron chi connectivity index (χ4n) is 2.56. The highest BCUT2D eigenvalue weighted by atomic mass is 16.5. The molecule has 3 aromatic rings. The largest absolute Gasteiger partial charge is 0.462 e. The molecule has 0 fully saturated rings. The number of hydrogen-bond acceptors (Lipinski definition) is 6. The van der Waals surface area contributed by atoms with E-state index in [4.69, 9.17) is 9.47 Å². The third kappa shape index (κ3) is 5.07. The molecular weight excluding hydrogens is 374 g/mol. The number of aromatic amines is 1. The summed E-state index contributed by atoms with van der Waals surface area (Å²) in [5, 5.41) is 9.22. The fraction of sp³-hybridized carbons (Fsp3) is 0.143. The third-order valence-electron chi connectivity index (χ3n) is 3.90. The van der Waals surface area contributed by atoms with Crippen molar-refractivity contribution in [3.8, 4) is 11.3 Å². The molecule has 2 N–H and O–H groups in total. The highest BCUT2D eigenvalue weighted by Gasteiger charge is 2.17. The SMILES string of the molecule is CCOC(=O)c1ccccc1NC(=O)COC(=O)c1cc(-c2ccccc2)n[nH]1. The fourth-order valence-corrected chi connectivity index (χ4v) is 2.56. The lowest BCUT2D eigenvalue weighted by Gasteiger charge is -2.10. The van der Waals surface area contributed by atoms with Crippen molar-refractivity contribution < 1.29 is 23.9 Å². The van der Waals surface area contributed by atoms with Crippen LogP contribution in [0.4, 0.5) is 5.69 Å². The van der Waals surface area contributed by atoms with Crippen LogP contribution in [-0.4, -0.2) is 41.3 Å². The Morgan fingerprint density at radius 1 is 0.966 bits per heavy atom. The van der Waals surface area contributed by atoms with E-state index in [1.807, 2.05) is 30.3 Å². The number of H-pyrrole nitrogens is 1. The summed E-state index contributed by atoms with van der Waals surface area (Å²) in [4.78, 5) is 36.2. The van der Waals surface area contributed by atoms with Crippen LogP contribution in [0.1, 0.15) is 27.8 Å². The standard InChI is InChI=1S/C21H19N3O5/c1-2-28-20(26)15-10-6-7-11-16(15)22-19(25)13-29-21(27)18-12-17(23-24-18)14-8-4-3-5-9-14/h3-12H,2,13H2,1H3,(H,22,25)(H,23,24). The third-order valence-corrected chi connectivity index (χ3v) is 3.90. The number of aromatic nitrogens is 2. The topological polar surface area (TPSA) is 110 Å². The van der Waals surface area contributed by atoms with Crippen LogP contribution in [0, 0.1) is 0 Å². The number of benzene rings is 2. The van der Waals surface area contributed by atoms with E-state index < -0.39 is 24.5 Å². The van der Waals surface area contributed by atoms with Gasteiger partial charge in [-0.2, -0.15) is 5.10 Å². The van der Waals surface area contributed by atoms with Gasteiger partial charge in [0, 0.05) is 5.56 Å². The zero-order valence-corrected chi connectivity index (χ0v) is 15.7. The van der Waals surface area contributed by atoms with Crippen molar-refractivity contribution in [2.24, 2.45) is 0 Å². The maximum atomic E-state index is 12.2. The molecule has 148 valence electrons.